The second kappa shape index (κ2) is 13.0. The summed E-state index contributed by atoms with van der Waals surface area (Å²) in [5, 5.41) is 0. The number of rotatable bonds is 11. The molecule has 1 aliphatic rings. The van der Waals surface area contributed by atoms with Gasteiger partial charge in [-0.25, -0.2) is 21.2 Å². The molecule has 46 heavy (non-hydrogen) atoms. The first-order valence-corrected chi connectivity index (χ1v) is 17.2. The summed E-state index contributed by atoms with van der Waals surface area (Å²) < 4.78 is 122. The molecule has 2 aromatic rings. The number of methoxy groups -OCH3 is 1. The molecule has 0 spiro atoms. The van der Waals surface area contributed by atoms with Gasteiger partial charge in [0.15, 0.2) is 27.2 Å². The van der Waals surface area contributed by atoms with Crippen molar-refractivity contribution in [2.75, 3.05) is 23.7 Å². The highest BCUT2D eigenvalue weighted by atomic mass is 32.2. The van der Waals surface area contributed by atoms with Crippen molar-refractivity contribution in [1.29, 1.82) is 0 Å². The van der Waals surface area contributed by atoms with Gasteiger partial charge in [0.2, 0.25) is 5.60 Å². The molecule has 3 rings (SSSR count). The lowest BCUT2D eigenvalue weighted by Crippen LogP contribution is -2.45. The summed E-state index contributed by atoms with van der Waals surface area (Å²) in [6, 6.07) is 6.80. The summed E-state index contributed by atoms with van der Waals surface area (Å²) in [6.45, 7) is 6.93. The van der Waals surface area contributed by atoms with E-state index in [1.165, 1.54) is 45.9 Å². The van der Waals surface area contributed by atoms with Gasteiger partial charge in [0, 0.05) is 12.0 Å². The van der Waals surface area contributed by atoms with Crippen molar-refractivity contribution in [2.24, 2.45) is 5.92 Å². The summed E-state index contributed by atoms with van der Waals surface area (Å²) in [5.41, 5.74) is -2.74. The summed E-state index contributed by atoms with van der Waals surface area (Å²) in [5.74, 6) is -4.54. The molecule has 0 fully saturated rings. The summed E-state index contributed by atoms with van der Waals surface area (Å²) in [7, 11) is -7.13. The average molecular weight is 696 g/mol. The zero-order valence-electron chi connectivity index (χ0n) is 26.4. The summed E-state index contributed by atoms with van der Waals surface area (Å²) in [4.78, 5) is 25.0. The minimum absolute atomic E-state index is 0.00334. The van der Waals surface area contributed by atoms with Gasteiger partial charge in [-0.15, -0.1) is 0 Å². The van der Waals surface area contributed by atoms with E-state index in [-0.39, 0.29) is 40.6 Å². The molecule has 0 amide bonds. The van der Waals surface area contributed by atoms with Gasteiger partial charge in [0.05, 0.1) is 35.4 Å². The third-order valence-electron chi connectivity index (χ3n) is 7.50. The Morgan fingerprint density at radius 3 is 2.22 bits per heavy atom. The number of carbonyl (C=O) groups is 2. The van der Waals surface area contributed by atoms with Crippen LogP contribution in [0.2, 0.25) is 0 Å². The highest BCUT2D eigenvalue weighted by Gasteiger charge is 2.50. The molecule has 0 aromatic heterocycles. The zero-order valence-corrected chi connectivity index (χ0v) is 28.0. The number of hydrogen-bond acceptors (Lipinski definition) is 9. The van der Waals surface area contributed by atoms with Crippen LogP contribution in [0.3, 0.4) is 0 Å². The van der Waals surface area contributed by atoms with E-state index >= 15 is 0 Å². The zero-order chi connectivity index (χ0) is 35.0. The molecule has 0 bridgehead atoms. The van der Waals surface area contributed by atoms with Crippen molar-refractivity contribution in [1.82, 2.24) is 0 Å². The first-order valence-electron chi connectivity index (χ1n) is 14.1. The fraction of sp³-hybridized carbons (Fsp3) is 0.533. The van der Waals surface area contributed by atoms with Crippen LogP contribution < -0.4 is 13.8 Å². The minimum atomic E-state index is -4.84. The van der Waals surface area contributed by atoms with Crippen molar-refractivity contribution in [3.05, 3.63) is 47.8 Å². The number of halogens is 4. The third-order valence-corrected chi connectivity index (χ3v) is 11.8. The van der Waals surface area contributed by atoms with E-state index in [4.69, 9.17) is 9.47 Å². The Bertz CT molecular complexity index is 1700. The van der Waals surface area contributed by atoms with Crippen LogP contribution >= 0.6 is 0 Å². The monoisotopic (exact) mass is 695 g/mol. The number of sulfone groups is 1. The topological polar surface area (TPSA) is 133 Å². The predicted molar refractivity (Wildman–Crippen MR) is 161 cm³/mol. The van der Waals surface area contributed by atoms with E-state index in [2.05, 4.69) is 4.74 Å². The van der Waals surface area contributed by atoms with Crippen LogP contribution in [-0.2, 0) is 40.6 Å². The first-order chi connectivity index (χ1) is 20.9. The number of alkyl halides is 3. The van der Waals surface area contributed by atoms with Crippen molar-refractivity contribution >= 4 is 37.3 Å². The van der Waals surface area contributed by atoms with Crippen LogP contribution in [0, 0.1) is 11.7 Å². The highest BCUT2D eigenvalue weighted by molar-refractivity contribution is 7.93. The fourth-order valence-electron chi connectivity index (χ4n) is 4.36. The van der Waals surface area contributed by atoms with Crippen molar-refractivity contribution in [3.8, 4) is 11.5 Å². The lowest BCUT2D eigenvalue weighted by molar-refractivity contribution is -0.257. The van der Waals surface area contributed by atoms with Gasteiger partial charge in [0.1, 0.15) is 17.6 Å². The molecule has 0 N–H and O–H groups in total. The minimum Gasteiger partial charge on any atom is -0.494 e. The van der Waals surface area contributed by atoms with Crippen LogP contribution in [0.15, 0.2) is 41.3 Å². The molecule has 2 aromatic carbocycles. The number of hydrogen-bond donors (Lipinski definition) is 0. The average Bonchev–Trinajstić information content (AvgIpc) is 2.91. The second-order valence-electron chi connectivity index (χ2n) is 12.5. The van der Waals surface area contributed by atoms with E-state index in [0.717, 1.165) is 29.6 Å². The molecule has 1 heterocycles. The largest absolute Gasteiger partial charge is 0.494 e. The number of ether oxygens (including phenoxy) is 3. The molecular formula is C30H37F4NO9S2. The highest BCUT2D eigenvalue weighted by Crippen LogP contribution is 2.40. The number of sulfonamides is 1. The second-order valence-corrected chi connectivity index (χ2v) is 17.1. The van der Waals surface area contributed by atoms with Crippen LogP contribution in [0.25, 0.3) is 0 Å². The Kier molecular flexibility index (Phi) is 10.5. The van der Waals surface area contributed by atoms with Gasteiger partial charge in [-0.3, -0.25) is 13.9 Å². The fourth-order valence-corrected chi connectivity index (χ4v) is 6.97. The molecule has 16 heteroatoms. The Morgan fingerprint density at radius 2 is 1.65 bits per heavy atom. The maximum Gasteiger partial charge on any atom is 0.427 e. The number of anilines is 1. The molecule has 0 saturated heterocycles. The maximum atomic E-state index is 14.1. The van der Waals surface area contributed by atoms with E-state index in [1.807, 2.05) is 0 Å². The van der Waals surface area contributed by atoms with Crippen molar-refractivity contribution in [3.63, 3.8) is 0 Å². The molecule has 256 valence electrons. The number of carbonyl (C=O) groups excluding carboxylic acids is 2. The van der Waals surface area contributed by atoms with Crippen LogP contribution in [0.5, 0.6) is 11.5 Å². The number of Topliss-reactive ketones (excluding diaryl/α,β-unsaturated/α-hetero) is 1. The van der Waals surface area contributed by atoms with Crippen molar-refractivity contribution in [2.45, 2.75) is 81.9 Å². The molecular weight excluding hydrogens is 658 g/mol. The Morgan fingerprint density at radius 1 is 1.02 bits per heavy atom. The molecule has 2 atom stereocenters. The van der Waals surface area contributed by atoms with Crippen LogP contribution in [0.4, 0.5) is 23.2 Å². The van der Waals surface area contributed by atoms with Gasteiger partial charge in [-0.05, 0) is 70.9 Å². The van der Waals surface area contributed by atoms with Crippen LogP contribution in [0.1, 0.15) is 53.5 Å². The summed E-state index contributed by atoms with van der Waals surface area (Å²) >= 11 is 0. The van der Waals surface area contributed by atoms with E-state index in [1.54, 1.807) is 0 Å². The normalized spacial score (nSPS) is 16.7. The van der Waals surface area contributed by atoms with Gasteiger partial charge >= 0.3 is 12.1 Å². The standard InChI is InChI=1S/C30H37F4NO9S2/c1-18(24(36)17-45(38,39)28(2,3)4)12-20-16-35(46(40,41)21-9-10-22(31)26(15-21)42-7)23-13-19(8-11-25(23)43-20)14-27(37)44-29(5,6)30(32,33)34/h8-11,13,15,18,20H,12,14,16-17H2,1-7H3/t18-,20-/m0/s1. The van der Waals surface area contributed by atoms with E-state index in [0.29, 0.717) is 13.8 Å². The first kappa shape index (κ1) is 37.1. The Labute approximate surface area is 266 Å². The number of nitrogens with zero attached hydrogens (tertiary/aromatic N) is 1. The summed E-state index contributed by atoms with van der Waals surface area (Å²) in [6.07, 6.45) is -6.50. The predicted octanol–water partition coefficient (Wildman–Crippen LogP) is 5.03. The molecule has 0 radical (unpaired) electrons. The van der Waals surface area contributed by atoms with Gasteiger partial charge in [-0.2, -0.15) is 13.2 Å². The molecule has 0 aliphatic carbocycles. The Balaban J connectivity index is 1.99. The van der Waals surface area contributed by atoms with E-state index in [9.17, 15) is 44.0 Å². The quantitative estimate of drug-likeness (QED) is 0.235. The number of fused-ring (bicyclic) bond motifs is 1. The number of esters is 1. The lowest BCUT2D eigenvalue weighted by atomic mass is 9.98. The van der Waals surface area contributed by atoms with Gasteiger partial charge in [0.25, 0.3) is 10.0 Å². The molecule has 0 unspecified atom stereocenters. The molecule has 10 nitrogen and oxygen atoms in total. The molecule has 0 saturated carbocycles. The maximum absolute atomic E-state index is 14.1. The van der Waals surface area contributed by atoms with Gasteiger partial charge < -0.3 is 14.2 Å². The lowest BCUT2D eigenvalue weighted by Gasteiger charge is -2.36. The number of ketones is 1. The Hall–Kier alpha value is -3.40. The van der Waals surface area contributed by atoms with E-state index < -0.39 is 78.2 Å². The van der Waals surface area contributed by atoms with Gasteiger partial charge in [-0.1, -0.05) is 13.0 Å². The molecule has 1 aliphatic heterocycles. The third kappa shape index (κ3) is 8.11. The van der Waals surface area contributed by atoms with Crippen LogP contribution in [-0.4, -0.2) is 70.6 Å². The smallest absolute Gasteiger partial charge is 0.427 e. The number of benzene rings is 2. The SMILES string of the molecule is COc1cc(S(=O)(=O)N2C[C@H](C[C@H](C)C(=O)CS(=O)(=O)C(C)(C)C)Oc3ccc(CC(=O)OC(C)(C)C(F)(F)F)cc32)ccc1F. The van der Waals surface area contributed by atoms with Crippen molar-refractivity contribution < 1.29 is 58.2 Å².